The standard InChI is InChI=1S/C20H25ClN4O/c1-15-12-18(24-20(23-15)25-10-3-2-4-11-25)14-22-19(26)9-8-16-6-5-7-17(21)13-16/h5-7,12-13H,2-4,8-11,14H2,1H3,(H,22,26). The molecule has 1 aliphatic rings. The van der Waals surface area contributed by atoms with Crippen molar-refractivity contribution in [3.05, 3.63) is 52.3 Å². The quantitative estimate of drug-likeness (QED) is 0.840. The van der Waals surface area contributed by atoms with Crippen molar-refractivity contribution in [1.82, 2.24) is 15.3 Å². The maximum atomic E-state index is 12.1. The summed E-state index contributed by atoms with van der Waals surface area (Å²) in [5.74, 6) is 0.800. The molecule has 0 aliphatic carbocycles. The predicted octanol–water partition coefficient (Wildman–Crippen LogP) is 3.68. The van der Waals surface area contributed by atoms with Crippen molar-refractivity contribution in [3.63, 3.8) is 0 Å². The first-order valence-electron chi connectivity index (χ1n) is 9.21. The third kappa shape index (κ3) is 5.43. The second kappa shape index (κ2) is 8.99. The van der Waals surface area contributed by atoms with Crippen LogP contribution in [-0.2, 0) is 17.8 Å². The van der Waals surface area contributed by atoms with Gasteiger partial charge in [-0.1, -0.05) is 23.7 Å². The number of anilines is 1. The van der Waals surface area contributed by atoms with Crippen LogP contribution in [0.25, 0.3) is 0 Å². The Kier molecular flexibility index (Phi) is 6.45. The summed E-state index contributed by atoms with van der Waals surface area (Å²) in [6.45, 7) is 4.42. The molecule has 2 heterocycles. The van der Waals surface area contributed by atoms with E-state index in [1.54, 1.807) is 0 Å². The lowest BCUT2D eigenvalue weighted by molar-refractivity contribution is -0.121. The highest BCUT2D eigenvalue weighted by molar-refractivity contribution is 6.30. The van der Waals surface area contributed by atoms with Crippen LogP contribution >= 0.6 is 11.6 Å². The fraction of sp³-hybridized carbons (Fsp3) is 0.450. The first-order valence-corrected chi connectivity index (χ1v) is 9.58. The van der Waals surface area contributed by atoms with Crippen molar-refractivity contribution >= 4 is 23.5 Å². The summed E-state index contributed by atoms with van der Waals surface area (Å²) in [4.78, 5) is 23.6. The van der Waals surface area contributed by atoms with Crippen molar-refractivity contribution in [1.29, 1.82) is 0 Å². The van der Waals surface area contributed by atoms with E-state index in [4.69, 9.17) is 11.6 Å². The molecule has 1 aromatic heterocycles. The highest BCUT2D eigenvalue weighted by Gasteiger charge is 2.15. The third-order valence-electron chi connectivity index (χ3n) is 4.53. The van der Waals surface area contributed by atoms with Gasteiger partial charge in [-0.2, -0.15) is 0 Å². The van der Waals surface area contributed by atoms with Gasteiger partial charge in [0.2, 0.25) is 11.9 Å². The Morgan fingerprint density at radius 1 is 1.19 bits per heavy atom. The summed E-state index contributed by atoms with van der Waals surface area (Å²) in [6.07, 6.45) is 4.76. The van der Waals surface area contributed by atoms with Crippen LogP contribution in [0.2, 0.25) is 5.02 Å². The lowest BCUT2D eigenvalue weighted by Gasteiger charge is -2.27. The minimum Gasteiger partial charge on any atom is -0.350 e. The molecule has 0 atom stereocenters. The monoisotopic (exact) mass is 372 g/mol. The number of aryl methyl sites for hydroxylation is 2. The van der Waals surface area contributed by atoms with E-state index >= 15 is 0 Å². The minimum absolute atomic E-state index is 0.0146. The summed E-state index contributed by atoms with van der Waals surface area (Å²) in [5, 5.41) is 3.66. The number of benzene rings is 1. The Morgan fingerprint density at radius 3 is 2.77 bits per heavy atom. The maximum absolute atomic E-state index is 12.1. The molecule has 0 spiro atoms. The zero-order valence-electron chi connectivity index (χ0n) is 15.2. The number of carbonyl (C=O) groups is 1. The molecule has 1 aliphatic heterocycles. The number of hydrogen-bond donors (Lipinski definition) is 1. The van der Waals surface area contributed by atoms with E-state index in [0.29, 0.717) is 24.4 Å². The third-order valence-corrected chi connectivity index (χ3v) is 4.77. The summed E-state index contributed by atoms with van der Waals surface area (Å²) in [5.41, 5.74) is 2.86. The molecule has 0 radical (unpaired) electrons. The molecular weight excluding hydrogens is 348 g/mol. The molecule has 1 saturated heterocycles. The van der Waals surface area contributed by atoms with Gasteiger partial charge < -0.3 is 10.2 Å². The molecule has 1 amide bonds. The number of nitrogens with zero attached hydrogens (tertiary/aromatic N) is 3. The van der Waals surface area contributed by atoms with Crippen LogP contribution in [0, 0.1) is 6.92 Å². The Bertz CT molecular complexity index is 759. The normalized spacial score (nSPS) is 14.3. The van der Waals surface area contributed by atoms with Crippen molar-refractivity contribution in [3.8, 4) is 0 Å². The number of aromatic nitrogens is 2. The van der Waals surface area contributed by atoms with Gasteiger partial charge >= 0.3 is 0 Å². The fourth-order valence-electron chi connectivity index (χ4n) is 3.17. The molecule has 3 rings (SSSR count). The largest absolute Gasteiger partial charge is 0.350 e. The minimum atomic E-state index is 0.0146. The Labute approximate surface area is 159 Å². The molecule has 6 heteroatoms. The predicted molar refractivity (Wildman–Crippen MR) is 104 cm³/mol. The Morgan fingerprint density at radius 2 is 2.00 bits per heavy atom. The molecule has 0 bridgehead atoms. The van der Waals surface area contributed by atoms with Crippen molar-refractivity contribution in [2.24, 2.45) is 0 Å². The molecule has 0 saturated carbocycles. The highest BCUT2D eigenvalue weighted by Crippen LogP contribution is 2.17. The topological polar surface area (TPSA) is 58.1 Å². The number of carbonyl (C=O) groups excluding carboxylic acids is 1. The lowest BCUT2D eigenvalue weighted by Crippen LogP contribution is -2.32. The number of rotatable bonds is 6. The van der Waals surface area contributed by atoms with Crippen LogP contribution < -0.4 is 10.2 Å². The number of nitrogens with one attached hydrogen (secondary N) is 1. The van der Waals surface area contributed by atoms with E-state index < -0.39 is 0 Å². The SMILES string of the molecule is Cc1cc(CNC(=O)CCc2cccc(Cl)c2)nc(N2CCCCC2)n1. The van der Waals surface area contributed by atoms with Crippen LogP contribution in [0.3, 0.4) is 0 Å². The first-order chi connectivity index (χ1) is 12.6. The molecule has 0 unspecified atom stereocenters. The van der Waals surface area contributed by atoms with E-state index in [1.165, 1.54) is 19.3 Å². The number of piperidine rings is 1. The van der Waals surface area contributed by atoms with Crippen molar-refractivity contribution < 1.29 is 4.79 Å². The molecule has 138 valence electrons. The molecule has 2 aromatic rings. The fourth-order valence-corrected chi connectivity index (χ4v) is 3.38. The average molecular weight is 373 g/mol. The zero-order valence-corrected chi connectivity index (χ0v) is 15.9. The van der Waals surface area contributed by atoms with Crippen LogP contribution in [0.1, 0.15) is 42.6 Å². The molecular formula is C20H25ClN4O. The van der Waals surface area contributed by atoms with E-state index in [0.717, 1.165) is 36.0 Å². The van der Waals surface area contributed by atoms with Crippen molar-refractivity contribution in [2.75, 3.05) is 18.0 Å². The lowest BCUT2D eigenvalue weighted by atomic mass is 10.1. The number of amides is 1. The van der Waals surface area contributed by atoms with E-state index in [1.807, 2.05) is 37.3 Å². The van der Waals surface area contributed by atoms with Crippen LogP contribution in [-0.4, -0.2) is 29.0 Å². The summed E-state index contributed by atoms with van der Waals surface area (Å²) >= 11 is 5.98. The van der Waals surface area contributed by atoms with Gasteiger partial charge in [0, 0.05) is 30.2 Å². The Hall–Kier alpha value is -2.14. The van der Waals surface area contributed by atoms with E-state index in [-0.39, 0.29) is 5.91 Å². The smallest absolute Gasteiger partial charge is 0.225 e. The summed E-state index contributed by atoms with van der Waals surface area (Å²) in [6, 6.07) is 9.56. The van der Waals surface area contributed by atoms with Gasteiger partial charge in [-0.15, -0.1) is 0 Å². The van der Waals surface area contributed by atoms with Gasteiger partial charge in [0.15, 0.2) is 0 Å². The molecule has 5 nitrogen and oxygen atoms in total. The van der Waals surface area contributed by atoms with Gasteiger partial charge in [-0.25, -0.2) is 9.97 Å². The number of halogens is 1. The molecule has 1 aromatic carbocycles. The van der Waals surface area contributed by atoms with E-state index in [9.17, 15) is 4.79 Å². The average Bonchev–Trinajstić information content (AvgIpc) is 2.65. The maximum Gasteiger partial charge on any atom is 0.225 e. The second-order valence-electron chi connectivity index (χ2n) is 6.76. The van der Waals surface area contributed by atoms with Crippen LogP contribution in [0.15, 0.2) is 30.3 Å². The number of hydrogen-bond acceptors (Lipinski definition) is 4. The molecule has 1 fully saturated rings. The highest BCUT2D eigenvalue weighted by atomic mass is 35.5. The van der Waals surface area contributed by atoms with Crippen LogP contribution in [0.5, 0.6) is 0 Å². The van der Waals surface area contributed by atoms with Gasteiger partial charge in [0.05, 0.1) is 12.2 Å². The second-order valence-corrected chi connectivity index (χ2v) is 7.19. The molecule has 26 heavy (non-hydrogen) atoms. The van der Waals surface area contributed by atoms with Gasteiger partial charge in [-0.3, -0.25) is 4.79 Å². The summed E-state index contributed by atoms with van der Waals surface area (Å²) in [7, 11) is 0. The van der Waals surface area contributed by atoms with Gasteiger partial charge in [0.25, 0.3) is 0 Å². The van der Waals surface area contributed by atoms with Crippen molar-refractivity contribution in [2.45, 2.75) is 45.6 Å². The first kappa shape index (κ1) is 18.6. The summed E-state index contributed by atoms with van der Waals surface area (Å²) < 4.78 is 0. The Balaban J connectivity index is 1.53. The van der Waals surface area contributed by atoms with Crippen LogP contribution in [0.4, 0.5) is 5.95 Å². The zero-order chi connectivity index (χ0) is 18.4. The van der Waals surface area contributed by atoms with Gasteiger partial charge in [0.1, 0.15) is 0 Å². The van der Waals surface area contributed by atoms with Gasteiger partial charge in [-0.05, 0) is 56.4 Å². The van der Waals surface area contributed by atoms with E-state index in [2.05, 4.69) is 20.2 Å². The molecule has 1 N–H and O–H groups in total.